The van der Waals surface area contributed by atoms with Crippen LogP contribution in [0.5, 0.6) is 0 Å². The average molecular weight is 239 g/mol. The summed E-state index contributed by atoms with van der Waals surface area (Å²) in [5.41, 5.74) is 0. The van der Waals surface area contributed by atoms with E-state index in [-0.39, 0.29) is 12.0 Å². The first kappa shape index (κ1) is 12.0. The molecule has 1 unspecified atom stereocenters. The van der Waals surface area contributed by atoms with Gasteiger partial charge in [0.25, 0.3) is 0 Å². The van der Waals surface area contributed by atoms with Crippen molar-refractivity contribution >= 4 is 5.91 Å². The van der Waals surface area contributed by atoms with Crippen LogP contribution in [0, 0.1) is 0 Å². The van der Waals surface area contributed by atoms with Crippen LogP contribution in [0.4, 0.5) is 0 Å². The van der Waals surface area contributed by atoms with Crippen molar-refractivity contribution in [2.24, 2.45) is 0 Å². The van der Waals surface area contributed by atoms with E-state index < -0.39 is 0 Å². The summed E-state index contributed by atoms with van der Waals surface area (Å²) in [6, 6.07) is 0. The number of aromatic nitrogens is 3. The van der Waals surface area contributed by atoms with Crippen molar-refractivity contribution in [3.63, 3.8) is 0 Å². The van der Waals surface area contributed by atoms with Crippen LogP contribution in [-0.2, 0) is 16.1 Å². The van der Waals surface area contributed by atoms with E-state index in [0.717, 1.165) is 19.5 Å². The van der Waals surface area contributed by atoms with Crippen molar-refractivity contribution in [1.29, 1.82) is 0 Å². The summed E-state index contributed by atoms with van der Waals surface area (Å²) in [5, 5.41) is 13.5. The standard InChI is InChI=1S/C10H17N5O2/c16-10(9-8-11-4-7-17-9)12-2-1-5-15-6-3-13-14-15/h3,6,9,11H,1-2,4-5,7-8H2,(H,12,16). The van der Waals surface area contributed by atoms with Crippen LogP contribution in [0.1, 0.15) is 6.42 Å². The number of morpholine rings is 1. The Bertz CT molecular complexity index is 334. The predicted molar refractivity (Wildman–Crippen MR) is 60.3 cm³/mol. The van der Waals surface area contributed by atoms with E-state index in [1.54, 1.807) is 17.1 Å². The lowest BCUT2D eigenvalue weighted by Crippen LogP contribution is -2.48. The fourth-order valence-corrected chi connectivity index (χ4v) is 1.65. The van der Waals surface area contributed by atoms with Crippen molar-refractivity contribution in [3.05, 3.63) is 12.4 Å². The van der Waals surface area contributed by atoms with Crippen molar-refractivity contribution < 1.29 is 9.53 Å². The minimum atomic E-state index is -0.352. The molecule has 0 radical (unpaired) electrons. The zero-order valence-corrected chi connectivity index (χ0v) is 9.63. The third kappa shape index (κ3) is 3.79. The minimum absolute atomic E-state index is 0.0456. The maximum absolute atomic E-state index is 11.6. The molecule has 2 N–H and O–H groups in total. The van der Waals surface area contributed by atoms with Gasteiger partial charge in [-0.25, -0.2) is 0 Å². The molecule has 1 aromatic rings. The van der Waals surface area contributed by atoms with Crippen molar-refractivity contribution in [3.8, 4) is 0 Å². The van der Waals surface area contributed by atoms with Crippen LogP contribution in [0.2, 0.25) is 0 Å². The van der Waals surface area contributed by atoms with E-state index in [0.29, 0.717) is 19.7 Å². The molecule has 0 aromatic carbocycles. The number of ether oxygens (including phenoxy) is 1. The largest absolute Gasteiger partial charge is 0.366 e. The summed E-state index contributed by atoms with van der Waals surface area (Å²) in [6.45, 7) is 3.38. The van der Waals surface area contributed by atoms with E-state index in [4.69, 9.17) is 4.74 Å². The van der Waals surface area contributed by atoms with Crippen LogP contribution >= 0.6 is 0 Å². The number of carbonyl (C=O) groups is 1. The SMILES string of the molecule is O=C(NCCCn1ccnn1)C1CNCCO1. The minimum Gasteiger partial charge on any atom is -0.366 e. The third-order valence-electron chi connectivity index (χ3n) is 2.56. The van der Waals surface area contributed by atoms with E-state index in [9.17, 15) is 4.79 Å². The Morgan fingerprint density at radius 3 is 3.29 bits per heavy atom. The normalized spacial score (nSPS) is 20.1. The molecule has 1 aromatic heterocycles. The van der Waals surface area contributed by atoms with Gasteiger partial charge in [-0.05, 0) is 6.42 Å². The molecule has 1 fully saturated rings. The van der Waals surface area contributed by atoms with Gasteiger partial charge in [0.2, 0.25) is 5.91 Å². The summed E-state index contributed by atoms with van der Waals surface area (Å²) in [7, 11) is 0. The molecule has 94 valence electrons. The van der Waals surface area contributed by atoms with Crippen LogP contribution < -0.4 is 10.6 Å². The fraction of sp³-hybridized carbons (Fsp3) is 0.700. The average Bonchev–Trinajstić information content (AvgIpc) is 2.88. The molecule has 1 atom stereocenters. The smallest absolute Gasteiger partial charge is 0.250 e. The van der Waals surface area contributed by atoms with Gasteiger partial charge in [0, 0.05) is 32.4 Å². The molecule has 7 heteroatoms. The maximum Gasteiger partial charge on any atom is 0.250 e. The van der Waals surface area contributed by atoms with E-state index >= 15 is 0 Å². The number of aryl methyl sites for hydroxylation is 1. The zero-order chi connectivity index (χ0) is 11.9. The van der Waals surface area contributed by atoms with Gasteiger partial charge in [-0.15, -0.1) is 5.10 Å². The van der Waals surface area contributed by atoms with Crippen molar-refractivity contribution in [2.45, 2.75) is 19.1 Å². The molecule has 0 spiro atoms. The molecule has 1 amide bonds. The Labute approximate surface area is 99.5 Å². The number of nitrogens with zero attached hydrogens (tertiary/aromatic N) is 3. The van der Waals surface area contributed by atoms with E-state index in [1.807, 2.05) is 0 Å². The second kappa shape index (κ2) is 6.31. The van der Waals surface area contributed by atoms with Crippen LogP contribution in [0.3, 0.4) is 0 Å². The van der Waals surface area contributed by atoms with Gasteiger partial charge in [0.15, 0.2) is 0 Å². The molecular formula is C10H17N5O2. The van der Waals surface area contributed by atoms with Gasteiger partial charge in [0.1, 0.15) is 6.10 Å². The maximum atomic E-state index is 11.6. The lowest BCUT2D eigenvalue weighted by atomic mass is 10.3. The number of amides is 1. The number of carbonyl (C=O) groups excluding carboxylic acids is 1. The van der Waals surface area contributed by atoms with E-state index in [1.165, 1.54) is 0 Å². The molecular weight excluding hydrogens is 222 g/mol. The fourth-order valence-electron chi connectivity index (χ4n) is 1.65. The van der Waals surface area contributed by atoms with E-state index in [2.05, 4.69) is 20.9 Å². The highest BCUT2D eigenvalue weighted by Crippen LogP contribution is 1.96. The van der Waals surface area contributed by atoms with Gasteiger partial charge in [-0.1, -0.05) is 5.21 Å². The highest BCUT2D eigenvalue weighted by Gasteiger charge is 2.20. The van der Waals surface area contributed by atoms with Gasteiger partial charge in [0.05, 0.1) is 12.8 Å². The highest BCUT2D eigenvalue weighted by atomic mass is 16.5. The number of nitrogens with one attached hydrogen (secondary N) is 2. The highest BCUT2D eigenvalue weighted by molar-refractivity contribution is 5.81. The van der Waals surface area contributed by atoms with Gasteiger partial charge >= 0.3 is 0 Å². The topological polar surface area (TPSA) is 81.1 Å². The Hall–Kier alpha value is -1.47. The Morgan fingerprint density at radius 1 is 1.65 bits per heavy atom. The zero-order valence-electron chi connectivity index (χ0n) is 9.63. The van der Waals surface area contributed by atoms with Crippen LogP contribution in [0.25, 0.3) is 0 Å². The Balaban J connectivity index is 1.59. The molecule has 2 rings (SSSR count). The molecule has 1 saturated heterocycles. The van der Waals surface area contributed by atoms with Crippen molar-refractivity contribution in [2.75, 3.05) is 26.2 Å². The van der Waals surface area contributed by atoms with Crippen LogP contribution in [0.15, 0.2) is 12.4 Å². The Kier molecular flexibility index (Phi) is 4.45. The Morgan fingerprint density at radius 2 is 2.59 bits per heavy atom. The summed E-state index contributed by atoms with van der Waals surface area (Å²) < 4.78 is 7.08. The second-order valence-corrected chi connectivity index (χ2v) is 3.87. The first-order valence-electron chi connectivity index (χ1n) is 5.80. The summed E-state index contributed by atoms with van der Waals surface area (Å²) in [5.74, 6) is -0.0456. The quantitative estimate of drug-likeness (QED) is 0.629. The molecule has 17 heavy (non-hydrogen) atoms. The lowest BCUT2D eigenvalue weighted by Gasteiger charge is -2.22. The first-order valence-corrected chi connectivity index (χ1v) is 5.80. The van der Waals surface area contributed by atoms with Crippen LogP contribution in [-0.4, -0.2) is 53.2 Å². The molecule has 1 aliphatic heterocycles. The number of rotatable bonds is 5. The van der Waals surface area contributed by atoms with Gasteiger partial charge in [-0.3, -0.25) is 9.48 Å². The molecule has 7 nitrogen and oxygen atoms in total. The molecule has 2 heterocycles. The predicted octanol–water partition coefficient (Wildman–Crippen LogP) is -1.23. The number of hydrogen-bond donors (Lipinski definition) is 2. The summed E-state index contributed by atoms with van der Waals surface area (Å²) >= 11 is 0. The first-order chi connectivity index (χ1) is 8.36. The summed E-state index contributed by atoms with van der Waals surface area (Å²) in [6.07, 6.45) is 3.92. The molecule has 0 bridgehead atoms. The van der Waals surface area contributed by atoms with Crippen molar-refractivity contribution in [1.82, 2.24) is 25.6 Å². The van der Waals surface area contributed by atoms with Gasteiger partial charge < -0.3 is 15.4 Å². The third-order valence-corrected chi connectivity index (χ3v) is 2.56. The molecule has 1 aliphatic rings. The van der Waals surface area contributed by atoms with Gasteiger partial charge in [-0.2, -0.15) is 0 Å². The summed E-state index contributed by atoms with van der Waals surface area (Å²) in [4.78, 5) is 11.6. The molecule has 0 saturated carbocycles. The molecule has 0 aliphatic carbocycles. The monoisotopic (exact) mass is 239 g/mol. The second-order valence-electron chi connectivity index (χ2n) is 3.87. The number of hydrogen-bond acceptors (Lipinski definition) is 5. The lowest BCUT2D eigenvalue weighted by molar-refractivity contribution is -0.134.